The molecule has 0 aromatic heterocycles. The van der Waals surface area contributed by atoms with E-state index in [4.69, 9.17) is 0 Å². The molecule has 0 saturated heterocycles. The third-order valence-electron chi connectivity index (χ3n) is 4.17. The second-order valence-corrected chi connectivity index (χ2v) is 7.79. The van der Waals surface area contributed by atoms with Crippen molar-refractivity contribution in [2.75, 3.05) is 33.7 Å². The third kappa shape index (κ3) is 5.31. The highest BCUT2D eigenvalue weighted by Crippen LogP contribution is 2.23. The quantitative estimate of drug-likeness (QED) is 0.550. The molecule has 0 heterocycles. The van der Waals surface area contributed by atoms with Gasteiger partial charge >= 0.3 is 0 Å². The van der Waals surface area contributed by atoms with Crippen LogP contribution in [-0.2, 0) is 10.2 Å². The van der Waals surface area contributed by atoms with Crippen LogP contribution >= 0.6 is 0 Å². The largest absolute Gasteiger partial charge is 0.317 e. The molecule has 0 radical (unpaired) electrons. The molecule has 1 rings (SSSR count). The van der Waals surface area contributed by atoms with Crippen molar-refractivity contribution in [3.8, 4) is 0 Å². The van der Waals surface area contributed by atoms with E-state index in [1.54, 1.807) is 18.4 Å². The molecule has 0 aromatic rings. The summed E-state index contributed by atoms with van der Waals surface area (Å²) in [7, 11) is 0.128. The van der Waals surface area contributed by atoms with Crippen LogP contribution in [0.3, 0.4) is 0 Å². The zero-order chi connectivity index (χ0) is 15.0. The summed E-state index contributed by atoms with van der Waals surface area (Å²) in [5.41, 5.74) is 0. The van der Waals surface area contributed by atoms with Crippen LogP contribution in [0.2, 0.25) is 0 Å². The molecule has 5 nitrogen and oxygen atoms in total. The maximum absolute atomic E-state index is 12.5. The molecular formula is C14H31N3O2S. The Morgan fingerprint density at radius 1 is 1.10 bits per heavy atom. The molecule has 120 valence electrons. The fourth-order valence-corrected chi connectivity index (χ4v) is 4.14. The lowest BCUT2D eigenvalue weighted by Gasteiger charge is -2.30. The Hall–Kier alpha value is -0.170. The van der Waals surface area contributed by atoms with Crippen LogP contribution in [0.1, 0.15) is 51.9 Å². The van der Waals surface area contributed by atoms with Gasteiger partial charge in [-0.3, -0.25) is 0 Å². The lowest BCUT2D eigenvalue weighted by atomic mass is 10.1. The van der Waals surface area contributed by atoms with Crippen LogP contribution in [-0.4, -0.2) is 56.8 Å². The second kappa shape index (κ2) is 8.97. The summed E-state index contributed by atoms with van der Waals surface area (Å²) in [4.78, 5) is 0. The van der Waals surface area contributed by atoms with Gasteiger partial charge in [-0.05, 0) is 32.4 Å². The summed E-state index contributed by atoms with van der Waals surface area (Å²) in [6.07, 6.45) is 7.62. The first-order valence-corrected chi connectivity index (χ1v) is 9.30. The van der Waals surface area contributed by atoms with Crippen LogP contribution in [0.25, 0.3) is 0 Å². The SMILES string of the molecule is CCNCCCN(C)S(=O)(=O)N(C)C1CCCCCC1. The second-order valence-electron chi connectivity index (χ2n) is 5.70. The van der Waals surface area contributed by atoms with Gasteiger partial charge < -0.3 is 5.32 Å². The van der Waals surface area contributed by atoms with Crippen LogP contribution < -0.4 is 5.32 Å². The van der Waals surface area contributed by atoms with E-state index in [0.29, 0.717) is 6.54 Å². The molecular weight excluding hydrogens is 274 g/mol. The summed E-state index contributed by atoms with van der Waals surface area (Å²) in [6.45, 7) is 4.43. The Labute approximate surface area is 124 Å². The summed E-state index contributed by atoms with van der Waals surface area (Å²) < 4.78 is 28.2. The van der Waals surface area contributed by atoms with E-state index in [2.05, 4.69) is 12.2 Å². The highest BCUT2D eigenvalue weighted by molar-refractivity contribution is 7.86. The Morgan fingerprint density at radius 2 is 1.70 bits per heavy atom. The molecule has 0 spiro atoms. The molecule has 0 atom stereocenters. The van der Waals surface area contributed by atoms with Gasteiger partial charge in [-0.15, -0.1) is 0 Å². The molecule has 1 saturated carbocycles. The zero-order valence-electron chi connectivity index (χ0n) is 13.3. The van der Waals surface area contributed by atoms with Gasteiger partial charge in [0.05, 0.1) is 0 Å². The average Bonchev–Trinajstić information content (AvgIpc) is 2.71. The maximum atomic E-state index is 12.5. The minimum absolute atomic E-state index is 0.179. The van der Waals surface area contributed by atoms with Crippen molar-refractivity contribution in [2.24, 2.45) is 0 Å². The Bertz CT molecular complexity index is 351. The topological polar surface area (TPSA) is 52.7 Å². The fourth-order valence-electron chi connectivity index (χ4n) is 2.75. The van der Waals surface area contributed by atoms with Gasteiger partial charge in [0.1, 0.15) is 0 Å². The molecule has 0 unspecified atom stereocenters. The van der Waals surface area contributed by atoms with Gasteiger partial charge in [-0.2, -0.15) is 17.0 Å². The van der Waals surface area contributed by atoms with E-state index in [9.17, 15) is 8.42 Å². The van der Waals surface area contributed by atoms with Crippen molar-refractivity contribution in [1.82, 2.24) is 13.9 Å². The molecule has 1 N–H and O–H groups in total. The van der Waals surface area contributed by atoms with Crippen molar-refractivity contribution in [2.45, 2.75) is 57.9 Å². The first kappa shape index (κ1) is 17.9. The fraction of sp³-hybridized carbons (Fsp3) is 1.00. The molecule has 0 amide bonds. The van der Waals surface area contributed by atoms with Crippen molar-refractivity contribution in [1.29, 1.82) is 0 Å². The standard InChI is InChI=1S/C14H31N3O2S/c1-4-15-12-9-13-16(2)20(18,19)17(3)14-10-7-5-6-8-11-14/h14-15H,4-13H2,1-3H3. The van der Waals surface area contributed by atoms with Crippen molar-refractivity contribution in [3.63, 3.8) is 0 Å². The zero-order valence-corrected chi connectivity index (χ0v) is 14.1. The number of hydrogen-bond donors (Lipinski definition) is 1. The number of nitrogens with one attached hydrogen (secondary N) is 1. The highest BCUT2D eigenvalue weighted by atomic mass is 32.2. The van der Waals surface area contributed by atoms with Crippen LogP contribution in [0.5, 0.6) is 0 Å². The van der Waals surface area contributed by atoms with Crippen LogP contribution in [0, 0.1) is 0 Å². The summed E-state index contributed by atoms with van der Waals surface area (Å²) in [5, 5.41) is 3.22. The molecule has 20 heavy (non-hydrogen) atoms. The normalized spacial score (nSPS) is 18.6. The van der Waals surface area contributed by atoms with Crippen molar-refractivity contribution >= 4 is 10.2 Å². The first-order valence-electron chi connectivity index (χ1n) is 7.90. The highest BCUT2D eigenvalue weighted by Gasteiger charge is 2.29. The number of hydrogen-bond acceptors (Lipinski definition) is 3. The molecule has 1 aliphatic rings. The predicted molar refractivity (Wildman–Crippen MR) is 84.0 cm³/mol. The van der Waals surface area contributed by atoms with E-state index in [0.717, 1.165) is 45.2 Å². The number of rotatable bonds is 8. The van der Waals surface area contributed by atoms with Crippen LogP contribution in [0.4, 0.5) is 0 Å². The van der Waals surface area contributed by atoms with Gasteiger partial charge in [0.25, 0.3) is 10.2 Å². The molecule has 0 aliphatic heterocycles. The minimum Gasteiger partial charge on any atom is -0.317 e. The molecule has 6 heteroatoms. The Balaban J connectivity index is 2.51. The molecule has 1 fully saturated rings. The van der Waals surface area contributed by atoms with Gasteiger partial charge in [-0.25, -0.2) is 0 Å². The summed E-state index contributed by atoms with van der Waals surface area (Å²) in [6, 6.07) is 0.179. The average molecular weight is 305 g/mol. The van der Waals surface area contributed by atoms with Gasteiger partial charge in [0, 0.05) is 26.7 Å². The minimum atomic E-state index is -3.30. The van der Waals surface area contributed by atoms with Gasteiger partial charge in [-0.1, -0.05) is 32.6 Å². The predicted octanol–water partition coefficient (Wildman–Crippen LogP) is 1.82. The van der Waals surface area contributed by atoms with E-state index in [-0.39, 0.29) is 6.04 Å². The summed E-state index contributed by atoms with van der Waals surface area (Å²) >= 11 is 0. The monoisotopic (exact) mass is 305 g/mol. The van der Waals surface area contributed by atoms with Gasteiger partial charge in [0.2, 0.25) is 0 Å². The molecule has 1 aliphatic carbocycles. The van der Waals surface area contributed by atoms with E-state index >= 15 is 0 Å². The smallest absolute Gasteiger partial charge is 0.281 e. The van der Waals surface area contributed by atoms with E-state index < -0.39 is 10.2 Å². The summed E-state index contributed by atoms with van der Waals surface area (Å²) in [5.74, 6) is 0. The van der Waals surface area contributed by atoms with E-state index in [1.165, 1.54) is 17.1 Å². The first-order chi connectivity index (χ1) is 9.50. The van der Waals surface area contributed by atoms with Gasteiger partial charge in [0.15, 0.2) is 0 Å². The lowest BCUT2D eigenvalue weighted by Crippen LogP contribution is -2.45. The Morgan fingerprint density at radius 3 is 2.25 bits per heavy atom. The molecule has 0 bridgehead atoms. The van der Waals surface area contributed by atoms with Crippen molar-refractivity contribution in [3.05, 3.63) is 0 Å². The Kier molecular flexibility index (Phi) is 8.02. The van der Waals surface area contributed by atoms with Crippen LogP contribution in [0.15, 0.2) is 0 Å². The van der Waals surface area contributed by atoms with Crippen molar-refractivity contribution < 1.29 is 8.42 Å². The number of nitrogens with zero attached hydrogens (tertiary/aromatic N) is 2. The van der Waals surface area contributed by atoms with E-state index in [1.807, 2.05) is 0 Å². The maximum Gasteiger partial charge on any atom is 0.281 e. The third-order valence-corrected chi connectivity index (χ3v) is 6.17. The molecule has 0 aromatic carbocycles. The lowest BCUT2D eigenvalue weighted by molar-refractivity contribution is 0.306.